The third-order valence-corrected chi connectivity index (χ3v) is 3.30. The van der Waals surface area contributed by atoms with Gasteiger partial charge < -0.3 is 45.6 Å². The molecule has 0 radical (unpaired) electrons. The topological polar surface area (TPSA) is 188 Å². The number of hydrogen-bond acceptors (Lipinski definition) is 9. The smallest absolute Gasteiger partial charge is 0.367 e. The fraction of sp³-hybridized carbons (Fsp3) is 0.900. The van der Waals surface area contributed by atoms with E-state index in [1.165, 1.54) is 0 Å². The van der Waals surface area contributed by atoms with Gasteiger partial charge in [0.1, 0.15) is 36.1 Å². The van der Waals surface area contributed by atoms with Crippen molar-refractivity contribution in [1.82, 2.24) is 0 Å². The van der Waals surface area contributed by atoms with Gasteiger partial charge in [0.15, 0.2) is 0 Å². The standard InChI is InChI=1S/C10H18O10/c1-9(18,2-11)7(15)5-3(12)4(13)6(14)10(19,20-5)8(16)17/h3-7,11-15,18-19H,2H2,1H3,(H,16,17)/t3-,4?,5?,6?,7?,9?,10?/m0/s1. The van der Waals surface area contributed by atoms with Crippen molar-refractivity contribution in [2.75, 3.05) is 6.61 Å². The lowest BCUT2D eigenvalue weighted by molar-refractivity contribution is -0.353. The van der Waals surface area contributed by atoms with Gasteiger partial charge in [0.05, 0.1) is 6.61 Å². The lowest BCUT2D eigenvalue weighted by atomic mass is 9.85. The van der Waals surface area contributed by atoms with Gasteiger partial charge >= 0.3 is 5.97 Å². The van der Waals surface area contributed by atoms with Crippen LogP contribution in [0, 0.1) is 0 Å². The molecule has 0 aromatic carbocycles. The minimum absolute atomic E-state index is 0.963. The predicted molar refractivity (Wildman–Crippen MR) is 59.2 cm³/mol. The largest absolute Gasteiger partial charge is 0.477 e. The Kier molecular flexibility index (Phi) is 4.73. The maximum absolute atomic E-state index is 10.9. The molecular formula is C10H18O10. The summed E-state index contributed by atoms with van der Waals surface area (Å²) in [5, 5.41) is 75.5. The molecule has 118 valence electrons. The van der Waals surface area contributed by atoms with Crippen LogP contribution in [0.15, 0.2) is 0 Å². The SMILES string of the molecule is CC(O)(CO)C(O)C1OC(O)(C(=O)O)C(O)C(O)[C@@H]1O. The number of ether oxygens (including phenoxy) is 1. The fourth-order valence-electron chi connectivity index (χ4n) is 1.84. The molecule has 20 heavy (non-hydrogen) atoms. The maximum Gasteiger partial charge on any atom is 0.367 e. The average molecular weight is 298 g/mol. The zero-order valence-corrected chi connectivity index (χ0v) is 10.5. The first-order chi connectivity index (χ1) is 8.99. The molecule has 8 N–H and O–H groups in total. The summed E-state index contributed by atoms with van der Waals surface area (Å²) >= 11 is 0. The van der Waals surface area contributed by atoms with Crippen LogP contribution in [0.5, 0.6) is 0 Å². The van der Waals surface area contributed by atoms with Gasteiger partial charge in [-0.25, -0.2) is 4.79 Å². The van der Waals surface area contributed by atoms with Gasteiger partial charge in [-0.05, 0) is 6.92 Å². The zero-order valence-electron chi connectivity index (χ0n) is 10.5. The summed E-state index contributed by atoms with van der Waals surface area (Å²) < 4.78 is 4.56. The number of carboxylic acids is 1. The summed E-state index contributed by atoms with van der Waals surface area (Å²) in [5.41, 5.74) is -2.20. The second-order valence-electron chi connectivity index (χ2n) is 4.97. The van der Waals surface area contributed by atoms with E-state index >= 15 is 0 Å². The summed E-state index contributed by atoms with van der Waals surface area (Å²) in [5.74, 6) is -5.34. The van der Waals surface area contributed by atoms with Gasteiger partial charge in [0, 0.05) is 0 Å². The number of carboxylic acid groups (broad SMARTS) is 1. The second kappa shape index (κ2) is 5.50. The first-order valence-electron chi connectivity index (χ1n) is 5.68. The van der Waals surface area contributed by atoms with E-state index in [9.17, 15) is 35.4 Å². The molecule has 0 bridgehead atoms. The van der Waals surface area contributed by atoms with E-state index in [4.69, 9.17) is 10.2 Å². The summed E-state index contributed by atoms with van der Waals surface area (Å²) in [6.45, 7) is -0.00409. The molecule has 10 nitrogen and oxygen atoms in total. The molecule has 10 heteroatoms. The van der Waals surface area contributed by atoms with Gasteiger partial charge in [-0.1, -0.05) is 0 Å². The highest BCUT2D eigenvalue weighted by Crippen LogP contribution is 2.32. The van der Waals surface area contributed by atoms with Crippen LogP contribution in [-0.4, -0.2) is 95.3 Å². The molecular weight excluding hydrogens is 280 g/mol. The molecule has 0 aliphatic carbocycles. The van der Waals surface area contributed by atoms with Gasteiger partial charge in [0.25, 0.3) is 5.79 Å². The first kappa shape index (κ1) is 17.2. The van der Waals surface area contributed by atoms with Gasteiger partial charge in [-0.15, -0.1) is 0 Å². The molecule has 6 unspecified atom stereocenters. The van der Waals surface area contributed by atoms with Gasteiger partial charge in [0.2, 0.25) is 0 Å². The highest BCUT2D eigenvalue weighted by molar-refractivity contribution is 5.76. The third-order valence-electron chi connectivity index (χ3n) is 3.30. The number of aliphatic hydroxyl groups excluding tert-OH is 5. The molecule has 1 saturated heterocycles. The Morgan fingerprint density at radius 3 is 2.25 bits per heavy atom. The van der Waals surface area contributed by atoms with Crippen LogP contribution in [0.2, 0.25) is 0 Å². The predicted octanol–water partition coefficient (Wildman–Crippen LogP) is -4.65. The fourth-order valence-corrected chi connectivity index (χ4v) is 1.84. The molecule has 0 spiro atoms. The molecule has 1 heterocycles. The number of rotatable bonds is 4. The van der Waals surface area contributed by atoms with E-state index in [0.717, 1.165) is 6.92 Å². The Hall–Kier alpha value is -0.850. The second-order valence-corrected chi connectivity index (χ2v) is 4.97. The Morgan fingerprint density at radius 1 is 1.35 bits per heavy atom. The number of hydrogen-bond donors (Lipinski definition) is 8. The van der Waals surface area contributed by atoms with E-state index < -0.39 is 54.5 Å². The summed E-state index contributed by atoms with van der Waals surface area (Å²) in [4.78, 5) is 10.9. The van der Waals surface area contributed by atoms with E-state index in [1.54, 1.807) is 0 Å². The van der Waals surface area contributed by atoms with Crippen molar-refractivity contribution in [2.24, 2.45) is 0 Å². The third kappa shape index (κ3) is 2.64. The van der Waals surface area contributed by atoms with Crippen molar-refractivity contribution in [3.63, 3.8) is 0 Å². The first-order valence-corrected chi connectivity index (χ1v) is 5.68. The minimum Gasteiger partial charge on any atom is -0.477 e. The van der Waals surface area contributed by atoms with Crippen LogP contribution in [0.3, 0.4) is 0 Å². The van der Waals surface area contributed by atoms with Crippen molar-refractivity contribution in [3.05, 3.63) is 0 Å². The molecule has 0 aromatic rings. The molecule has 1 aliphatic heterocycles. The number of carbonyl (C=O) groups is 1. The van der Waals surface area contributed by atoms with Crippen LogP contribution in [-0.2, 0) is 9.53 Å². The molecule has 1 rings (SSSR count). The van der Waals surface area contributed by atoms with E-state index in [1.807, 2.05) is 0 Å². The van der Waals surface area contributed by atoms with E-state index in [2.05, 4.69) is 4.74 Å². The molecule has 1 fully saturated rings. The van der Waals surface area contributed by atoms with Crippen molar-refractivity contribution in [1.29, 1.82) is 0 Å². The van der Waals surface area contributed by atoms with Crippen LogP contribution in [0.1, 0.15) is 6.92 Å². The molecule has 0 amide bonds. The summed E-state index contributed by atoms with van der Waals surface area (Å²) in [7, 11) is 0. The highest BCUT2D eigenvalue weighted by Gasteiger charge is 2.60. The molecule has 1 aliphatic rings. The molecule has 0 saturated carbocycles. The Morgan fingerprint density at radius 2 is 1.85 bits per heavy atom. The number of aliphatic hydroxyl groups is 7. The lowest BCUT2D eigenvalue weighted by Crippen LogP contribution is -2.71. The van der Waals surface area contributed by atoms with Crippen molar-refractivity contribution < 1.29 is 50.4 Å². The monoisotopic (exact) mass is 298 g/mol. The normalized spacial score (nSPS) is 42.8. The van der Waals surface area contributed by atoms with Crippen molar-refractivity contribution >= 4 is 5.97 Å². The van der Waals surface area contributed by atoms with Crippen LogP contribution >= 0.6 is 0 Å². The Balaban J connectivity index is 3.12. The minimum atomic E-state index is -3.28. The van der Waals surface area contributed by atoms with Crippen molar-refractivity contribution in [3.8, 4) is 0 Å². The summed E-state index contributed by atoms with van der Waals surface area (Å²) in [6.07, 6.45) is -10.5. The highest BCUT2D eigenvalue weighted by atomic mass is 16.7. The van der Waals surface area contributed by atoms with Gasteiger partial charge in [-0.2, -0.15) is 0 Å². The van der Waals surface area contributed by atoms with Gasteiger partial charge in [-0.3, -0.25) is 0 Å². The van der Waals surface area contributed by atoms with E-state index in [0.29, 0.717) is 0 Å². The molecule has 7 atom stereocenters. The summed E-state index contributed by atoms with van der Waals surface area (Å²) in [6, 6.07) is 0. The van der Waals surface area contributed by atoms with Crippen LogP contribution < -0.4 is 0 Å². The number of aliphatic carboxylic acids is 1. The Bertz CT molecular complexity index is 371. The average Bonchev–Trinajstić information content (AvgIpc) is 2.39. The van der Waals surface area contributed by atoms with Crippen LogP contribution in [0.4, 0.5) is 0 Å². The lowest BCUT2D eigenvalue weighted by Gasteiger charge is -2.46. The quantitative estimate of drug-likeness (QED) is 0.250. The van der Waals surface area contributed by atoms with Crippen LogP contribution in [0.25, 0.3) is 0 Å². The maximum atomic E-state index is 10.9. The molecule has 0 aromatic heterocycles. The van der Waals surface area contributed by atoms with Crippen molar-refractivity contribution in [2.45, 2.75) is 48.8 Å². The Labute approximate surface area is 113 Å². The zero-order chi connectivity index (χ0) is 15.9. The van der Waals surface area contributed by atoms with E-state index in [-0.39, 0.29) is 0 Å².